The smallest absolute Gasteiger partial charge is 0 e. The van der Waals surface area contributed by atoms with Crippen molar-refractivity contribution in [3.63, 3.8) is 0 Å². The molecule has 0 bridgehead atoms. The van der Waals surface area contributed by atoms with E-state index in [1.165, 1.54) is 0 Å². The van der Waals surface area contributed by atoms with Crippen LogP contribution in [0.1, 0.15) is 7.43 Å². The summed E-state index contributed by atoms with van der Waals surface area (Å²) < 4.78 is 0. The van der Waals surface area contributed by atoms with E-state index in [9.17, 15) is 0 Å². The van der Waals surface area contributed by atoms with Crippen LogP contribution in [0.15, 0.2) is 0 Å². The Morgan fingerprint density at radius 3 is 1.00 bits per heavy atom. The predicted molar refractivity (Wildman–Crippen MR) is 17.8 cm³/mol. The van der Waals surface area contributed by atoms with Gasteiger partial charge in [-0.15, -0.1) is 0 Å². The molecular formula is CH7NiPW. The second kappa shape index (κ2) is 23.2. The molecule has 0 heterocycles. The van der Waals surface area contributed by atoms with Gasteiger partial charge in [0.25, 0.3) is 0 Å². The van der Waals surface area contributed by atoms with Gasteiger partial charge in [0.1, 0.15) is 0 Å². The van der Waals surface area contributed by atoms with Crippen molar-refractivity contribution >= 4 is 9.90 Å². The summed E-state index contributed by atoms with van der Waals surface area (Å²) in [5.41, 5.74) is 0. The van der Waals surface area contributed by atoms with Gasteiger partial charge in [-0.05, 0) is 0 Å². The molecule has 0 saturated heterocycles. The quantitative estimate of drug-likeness (QED) is 0.455. The summed E-state index contributed by atoms with van der Waals surface area (Å²) >= 11 is 0. The summed E-state index contributed by atoms with van der Waals surface area (Å²) in [6.07, 6.45) is 0. The van der Waals surface area contributed by atoms with E-state index in [1.807, 2.05) is 0 Å². The van der Waals surface area contributed by atoms with E-state index in [-0.39, 0.29) is 54.9 Å². The van der Waals surface area contributed by atoms with E-state index < -0.39 is 0 Å². The molecule has 0 spiro atoms. The molecule has 1 unspecified atom stereocenters. The van der Waals surface area contributed by atoms with E-state index in [0.717, 1.165) is 0 Å². The summed E-state index contributed by atoms with van der Waals surface area (Å²) in [5.74, 6) is 0. The average molecular weight is 293 g/mol. The van der Waals surface area contributed by atoms with Crippen LogP contribution in [-0.4, -0.2) is 0 Å². The molecule has 0 radical (unpaired) electrons. The SMILES string of the molecule is C.P.[Ni].[W]. The van der Waals surface area contributed by atoms with Gasteiger partial charge in [-0.3, -0.25) is 0 Å². The molecule has 0 rings (SSSR count). The van der Waals surface area contributed by atoms with Gasteiger partial charge in [-0.25, -0.2) is 0 Å². The predicted octanol–water partition coefficient (Wildman–Crippen LogP) is 0.689. The van der Waals surface area contributed by atoms with Crippen LogP contribution < -0.4 is 0 Å². The minimum atomic E-state index is 0. The van der Waals surface area contributed by atoms with Gasteiger partial charge >= 0.3 is 0 Å². The van der Waals surface area contributed by atoms with Crippen LogP contribution in [0, 0.1) is 0 Å². The van der Waals surface area contributed by atoms with Gasteiger partial charge in [0, 0.05) is 37.6 Å². The zero-order valence-electron chi connectivity index (χ0n) is 1.43. The van der Waals surface area contributed by atoms with E-state index in [4.69, 9.17) is 0 Å². The molecule has 1 atom stereocenters. The second-order valence-corrected chi connectivity index (χ2v) is 0. The topological polar surface area (TPSA) is 0 Å². The van der Waals surface area contributed by atoms with Crippen LogP contribution >= 0.6 is 9.90 Å². The maximum absolute atomic E-state index is 0. The van der Waals surface area contributed by atoms with Crippen molar-refractivity contribution in [3.05, 3.63) is 0 Å². The van der Waals surface area contributed by atoms with Crippen LogP contribution in [-0.2, 0) is 37.6 Å². The minimum absolute atomic E-state index is 0. The monoisotopic (exact) mass is 292 g/mol. The van der Waals surface area contributed by atoms with E-state index in [1.54, 1.807) is 0 Å². The van der Waals surface area contributed by atoms with Crippen LogP contribution in [0.3, 0.4) is 0 Å². The molecule has 0 aliphatic carbocycles. The fourth-order valence-corrected chi connectivity index (χ4v) is 0. The Morgan fingerprint density at radius 2 is 1.00 bits per heavy atom. The molecular weight excluding hydrogens is 286 g/mol. The summed E-state index contributed by atoms with van der Waals surface area (Å²) in [5, 5.41) is 0. The van der Waals surface area contributed by atoms with Crippen molar-refractivity contribution < 1.29 is 37.6 Å². The van der Waals surface area contributed by atoms with Gasteiger partial charge in [-0.1, -0.05) is 7.43 Å². The molecule has 0 fully saturated rings. The zero-order valence-corrected chi connectivity index (χ0v) is 6.77. The van der Waals surface area contributed by atoms with Crippen LogP contribution in [0.25, 0.3) is 0 Å². The number of rotatable bonds is 0. The number of hydrogen-bond acceptors (Lipinski definition) is 0. The molecule has 0 aromatic carbocycles. The molecule has 0 aromatic heterocycles. The van der Waals surface area contributed by atoms with Gasteiger partial charge in [-0.2, -0.15) is 9.90 Å². The van der Waals surface area contributed by atoms with E-state index in [2.05, 4.69) is 0 Å². The molecule has 32 valence electrons. The summed E-state index contributed by atoms with van der Waals surface area (Å²) in [7, 11) is 0. The van der Waals surface area contributed by atoms with Crippen molar-refractivity contribution in [2.24, 2.45) is 0 Å². The fourth-order valence-electron chi connectivity index (χ4n) is 0. The molecule has 0 nitrogen and oxygen atoms in total. The van der Waals surface area contributed by atoms with Gasteiger partial charge < -0.3 is 0 Å². The van der Waals surface area contributed by atoms with Crippen molar-refractivity contribution in [1.82, 2.24) is 0 Å². The van der Waals surface area contributed by atoms with Crippen molar-refractivity contribution in [1.29, 1.82) is 0 Å². The molecule has 0 saturated carbocycles. The van der Waals surface area contributed by atoms with Gasteiger partial charge in [0.15, 0.2) is 0 Å². The third kappa shape index (κ3) is 9.48. The largest absolute Gasteiger partial charge is 0.153 e. The Morgan fingerprint density at radius 1 is 1.00 bits per heavy atom. The maximum atomic E-state index is 0. The zero-order chi connectivity index (χ0) is 0. The molecule has 0 aliphatic rings. The van der Waals surface area contributed by atoms with Crippen molar-refractivity contribution in [2.45, 2.75) is 7.43 Å². The third-order valence-electron chi connectivity index (χ3n) is 0. The van der Waals surface area contributed by atoms with E-state index in [0.29, 0.717) is 0 Å². The van der Waals surface area contributed by atoms with Gasteiger partial charge in [0.05, 0.1) is 0 Å². The normalized spacial score (nSPS) is 0. The maximum Gasteiger partial charge on any atom is 0 e. The number of hydrogen-bond donors (Lipinski definition) is 0. The minimum Gasteiger partial charge on any atom is -0.153 e. The molecule has 3 heteroatoms. The molecule has 0 aromatic rings. The third-order valence-corrected chi connectivity index (χ3v) is 0. The first-order chi connectivity index (χ1) is 0. The Bertz CT molecular complexity index is 8.00. The fraction of sp³-hybridized carbons (Fsp3) is 1.00. The summed E-state index contributed by atoms with van der Waals surface area (Å²) in [4.78, 5) is 0. The standard InChI is InChI=1S/CH4.Ni.H3P.W/h1H4;;1H3;. The molecule has 0 amide bonds. The molecule has 4 heavy (non-hydrogen) atoms. The first kappa shape index (κ1) is 45.9. The Labute approximate surface area is 54.9 Å². The second-order valence-electron chi connectivity index (χ2n) is 0. The molecule has 0 aliphatic heterocycles. The van der Waals surface area contributed by atoms with Crippen LogP contribution in [0.4, 0.5) is 0 Å². The summed E-state index contributed by atoms with van der Waals surface area (Å²) in [6, 6.07) is 0. The Balaban J connectivity index is 0. The summed E-state index contributed by atoms with van der Waals surface area (Å²) in [6.45, 7) is 0. The first-order valence-electron chi connectivity index (χ1n) is 0. The van der Waals surface area contributed by atoms with Crippen LogP contribution in [0.5, 0.6) is 0 Å². The first-order valence-corrected chi connectivity index (χ1v) is 0. The van der Waals surface area contributed by atoms with Crippen molar-refractivity contribution in [3.8, 4) is 0 Å². The average Bonchev–Trinajstić information content (AvgIpc) is 0. The Kier molecular flexibility index (Phi) is 266. The molecule has 0 N–H and O–H groups in total. The Hall–Kier alpha value is 1.61. The van der Waals surface area contributed by atoms with Crippen LogP contribution in [0.2, 0.25) is 0 Å². The van der Waals surface area contributed by atoms with E-state index >= 15 is 0 Å². The van der Waals surface area contributed by atoms with Gasteiger partial charge in [0.2, 0.25) is 0 Å². The van der Waals surface area contributed by atoms with Crippen molar-refractivity contribution in [2.75, 3.05) is 0 Å².